The summed E-state index contributed by atoms with van der Waals surface area (Å²) in [5, 5.41) is 3.51. The van der Waals surface area contributed by atoms with Gasteiger partial charge in [-0.1, -0.05) is 20.8 Å². The zero-order valence-electron chi connectivity index (χ0n) is 10.7. The van der Waals surface area contributed by atoms with Gasteiger partial charge in [-0.15, -0.1) is 0 Å². The monoisotopic (exact) mass is 220 g/mol. The first-order valence-corrected chi connectivity index (χ1v) is 6.28. The third kappa shape index (κ3) is 5.86. The number of pyridine rings is 1. The van der Waals surface area contributed by atoms with Crippen molar-refractivity contribution in [3.8, 4) is 0 Å². The predicted molar refractivity (Wildman–Crippen MR) is 69.4 cm³/mol. The normalized spacial score (nSPS) is 13.0. The standard InChI is InChI=1S/C14H24N2/c1-12(2)10-16-11-13(3)4-5-14-6-8-15-9-7-14/h6-9,12-13,16H,4-5,10-11H2,1-3H3. The lowest BCUT2D eigenvalue weighted by Gasteiger charge is -2.13. The second-order valence-corrected chi connectivity index (χ2v) is 5.05. The first-order valence-electron chi connectivity index (χ1n) is 6.28. The molecule has 0 radical (unpaired) electrons. The highest BCUT2D eigenvalue weighted by Gasteiger charge is 2.02. The maximum atomic E-state index is 4.03. The smallest absolute Gasteiger partial charge is 0.0270 e. The molecule has 1 unspecified atom stereocenters. The lowest BCUT2D eigenvalue weighted by molar-refractivity contribution is 0.454. The Kier molecular flexibility index (Phi) is 6.09. The highest BCUT2D eigenvalue weighted by molar-refractivity contribution is 5.09. The van der Waals surface area contributed by atoms with Crippen LogP contribution in [-0.4, -0.2) is 18.1 Å². The van der Waals surface area contributed by atoms with Gasteiger partial charge in [-0.2, -0.15) is 0 Å². The van der Waals surface area contributed by atoms with Gasteiger partial charge in [0.25, 0.3) is 0 Å². The van der Waals surface area contributed by atoms with Gasteiger partial charge < -0.3 is 5.32 Å². The summed E-state index contributed by atoms with van der Waals surface area (Å²) in [5.74, 6) is 1.49. The number of nitrogens with zero attached hydrogens (tertiary/aromatic N) is 1. The molecule has 0 bridgehead atoms. The molecule has 0 amide bonds. The van der Waals surface area contributed by atoms with Gasteiger partial charge in [-0.05, 0) is 55.5 Å². The number of hydrogen-bond donors (Lipinski definition) is 1. The summed E-state index contributed by atoms with van der Waals surface area (Å²) in [6, 6.07) is 4.21. The topological polar surface area (TPSA) is 24.9 Å². The van der Waals surface area contributed by atoms with Gasteiger partial charge >= 0.3 is 0 Å². The van der Waals surface area contributed by atoms with Crippen LogP contribution in [0.2, 0.25) is 0 Å². The largest absolute Gasteiger partial charge is 0.316 e. The van der Waals surface area contributed by atoms with Crippen molar-refractivity contribution in [3.05, 3.63) is 30.1 Å². The van der Waals surface area contributed by atoms with Crippen molar-refractivity contribution in [2.45, 2.75) is 33.6 Å². The van der Waals surface area contributed by atoms with Crippen LogP contribution in [0.4, 0.5) is 0 Å². The molecule has 0 saturated heterocycles. The summed E-state index contributed by atoms with van der Waals surface area (Å²) in [6.07, 6.45) is 6.15. The van der Waals surface area contributed by atoms with Gasteiger partial charge in [0.15, 0.2) is 0 Å². The molecule has 0 fully saturated rings. The highest BCUT2D eigenvalue weighted by atomic mass is 14.9. The Morgan fingerprint density at radius 1 is 1.12 bits per heavy atom. The van der Waals surface area contributed by atoms with Crippen LogP contribution >= 0.6 is 0 Å². The molecule has 0 aliphatic heterocycles. The van der Waals surface area contributed by atoms with Gasteiger partial charge in [0.1, 0.15) is 0 Å². The van der Waals surface area contributed by atoms with E-state index in [2.05, 4.69) is 43.2 Å². The van der Waals surface area contributed by atoms with Crippen LogP contribution < -0.4 is 5.32 Å². The van der Waals surface area contributed by atoms with Crippen LogP contribution in [0.15, 0.2) is 24.5 Å². The molecule has 0 spiro atoms. The molecule has 90 valence electrons. The van der Waals surface area contributed by atoms with E-state index in [9.17, 15) is 0 Å². The second-order valence-electron chi connectivity index (χ2n) is 5.05. The first kappa shape index (κ1) is 13.2. The van der Waals surface area contributed by atoms with Crippen LogP contribution in [0.3, 0.4) is 0 Å². The average molecular weight is 220 g/mol. The van der Waals surface area contributed by atoms with Crippen LogP contribution in [0.1, 0.15) is 32.8 Å². The quantitative estimate of drug-likeness (QED) is 0.764. The third-order valence-electron chi connectivity index (χ3n) is 2.72. The van der Waals surface area contributed by atoms with Crippen molar-refractivity contribution in [1.82, 2.24) is 10.3 Å². The van der Waals surface area contributed by atoms with Crippen molar-refractivity contribution in [3.63, 3.8) is 0 Å². The van der Waals surface area contributed by atoms with E-state index in [1.165, 1.54) is 12.0 Å². The Balaban J connectivity index is 2.13. The second kappa shape index (κ2) is 7.39. The van der Waals surface area contributed by atoms with Crippen molar-refractivity contribution in [2.75, 3.05) is 13.1 Å². The minimum atomic E-state index is 0.743. The summed E-state index contributed by atoms with van der Waals surface area (Å²) < 4.78 is 0. The molecule has 2 nitrogen and oxygen atoms in total. The van der Waals surface area contributed by atoms with Gasteiger partial charge in [0.05, 0.1) is 0 Å². The number of aryl methyl sites for hydroxylation is 1. The average Bonchev–Trinajstić information content (AvgIpc) is 2.27. The van der Waals surface area contributed by atoms with E-state index in [1.54, 1.807) is 0 Å². The Bertz CT molecular complexity index is 269. The Morgan fingerprint density at radius 2 is 1.81 bits per heavy atom. The van der Waals surface area contributed by atoms with Crippen molar-refractivity contribution < 1.29 is 0 Å². The Labute approximate surface area is 99.5 Å². The molecule has 1 aromatic rings. The zero-order chi connectivity index (χ0) is 11.8. The van der Waals surface area contributed by atoms with E-state index >= 15 is 0 Å². The van der Waals surface area contributed by atoms with E-state index in [0.29, 0.717) is 0 Å². The van der Waals surface area contributed by atoms with Gasteiger partial charge in [-0.3, -0.25) is 4.98 Å². The SMILES string of the molecule is CC(C)CNCC(C)CCc1ccncc1. The molecule has 1 N–H and O–H groups in total. The Hall–Kier alpha value is -0.890. The van der Waals surface area contributed by atoms with Crippen LogP contribution in [0, 0.1) is 11.8 Å². The minimum Gasteiger partial charge on any atom is -0.316 e. The van der Waals surface area contributed by atoms with Gasteiger partial charge in [-0.25, -0.2) is 0 Å². The minimum absolute atomic E-state index is 0.743. The predicted octanol–water partition coefficient (Wildman–Crippen LogP) is 2.90. The number of hydrogen-bond acceptors (Lipinski definition) is 2. The fraction of sp³-hybridized carbons (Fsp3) is 0.643. The first-order chi connectivity index (χ1) is 7.68. The fourth-order valence-corrected chi connectivity index (χ4v) is 1.68. The molecule has 16 heavy (non-hydrogen) atoms. The summed E-state index contributed by atoms with van der Waals surface area (Å²) >= 11 is 0. The lowest BCUT2D eigenvalue weighted by atomic mass is 10.0. The molecule has 1 rings (SSSR count). The summed E-state index contributed by atoms with van der Waals surface area (Å²) in [7, 11) is 0. The highest BCUT2D eigenvalue weighted by Crippen LogP contribution is 2.08. The number of rotatable bonds is 7. The van der Waals surface area contributed by atoms with E-state index < -0.39 is 0 Å². The van der Waals surface area contributed by atoms with Crippen molar-refractivity contribution in [2.24, 2.45) is 11.8 Å². The lowest BCUT2D eigenvalue weighted by Crippen LogP contribution is -2.25. The number of nitrogens with one attached hydrogen (secondary N) is 1. The van der Waals surface area contributed by atoms with Crippen LogP contribution in [0.5, 0.6) is 0 Å². The summed E-state index contributed by atoms with van der Waals surface area (Å²) in [5.41, 5.74) is 1.39. The maximum Gasteiger partial charge on any atom is 0.0270 e. The molecular formula is C14H24N2. The van der Waals surface area contributed by atoms with Crippen LogP contribution in [0.25, 0.3) is 0 Å². The number of aromatic nitrogens is 1. The van der Waals surface area contributed by atoms with E-state index in [0.717, 1.165) is 31.3 Å². The molecule has 2 heteroatoms. The molecule has 1 aromatic heterocycles. The van der Waals surface area contributed by atoms with E-state index in [4.69, 9.17) is 0 Å². The Morgan fingerprint density at radius 3 is 2.44 bits per heavy atom. The molecule has 1 heterocycles. The van der Waals surface area contributed by atoms with Crippen LogP contribution in [-0.2, 0) is 6.42 Å². The fourth-order valence-electron chi connectivity index (χ4n) is 1.68. The summed E-state index contributed by atoms with van der Waals surface area (Å²) in [6.45, 7) is 9.06. The molecular weight excluding hydrogens is 196 g/mol. The molecule has 1 atom stereocenters. The third-order valence-corrected chi connectivity index (χ3v) is 2.72. The van der Waals surface area contributed by atoms with Crippen molar-refractivity contribution >= 4 is 0 Å². The maximum absolute atomic E-state index is 4.03. The van der Waals surface area contributed by atoms with Gasteiger partial charge in [0, 0.05) is 12.4 Å². The van der Waals surface area contributed by atoms with E-state index in [1.807, 2.05) is 12.4 Å². The van der Waals surface area contributed by atoms with Crippen molar-refractivity contribution in [1.29, 1.82) is 0 Å². The molecule has 0 aromatic carbocycles. The summed E-state index contributed by atoms with van der Waals surface area (Å²) in [4.78, 5) is 4.03. The molecule has 0 saturated carbocycles. The van der Waals surface area contributed by atoms with E-state index in [-0.39, 0.29) is 0 Å². The zero-order valence-corrected chi connectivity index (χ0v) is 10.7. The molecule has 0 aliphatic carbocycles. The molecule has 0 aliphatic rings. The van der Waals surface area contributed by atoms with Gasteiger partial charge in [0.2, 0.25) is 0 Å².